The van der Waals surface area contributed by atoms with E-state index in [0.717, 1.165) is 0 Å². The van der Waals surface area contributed by atoms with E-state index in [1.54, 1.807) is 6.07 Å². The maximum atomic E-state index is 11.0. The van der Waals surface area contributed by atoms with E-state index in [9.17, 15) is 8.42 Å². The highest BCUT2D eigenvalue weighted by molar-refractivity contribution is 7.89. The summed E-state index contributed by atoms with van der Waals surface area (Å²) in [6, 6.07) is 2.94. The number of rotatable bonds is 7. The van der Waals surface area contributed by atoms with E-state index in [2.05, 4.69) is 10.3 Å². The second-order valence-electron chi connectivity index (χ2n) is 3.25. The second kappa shape index (κ2) is 6.50. The predicted molar refractivity (Wildman–Crippen MR) is 64.0 cm³/mol. The highest BCUT2D eigenvalue weighted by atomic mass is 32.2. The van der Waals surface area contributed by atoms with Crippen LogP contribution in [-0.4, -0.2) is 39.7 Å². The third-order valence-corrected chi connectivity index (χ3v) is 2.78. The monoisotopic (exact) mass is 260 g/mol. The first-order chi connectivity index (χ1) is 8.04. The molecule has 0 fully saturated rings. The Hall–Kier alpha value is -1.22. The summed E-state index contributed by atoms with van der Waals surface area (Å²) in [7, 11) is -3.68. The predicted octanol–water partition coefficient (Wildman–Crippen LogP) is -0.884. The van der Waals surface area contributed by atoms with E-state index >= 15 is 0 Å². The van der Waals surface area contributed by atoms with Crippen molar-refractivity contribution >= 4 is 15.8 Å². The van der Waals surface area contributed by atoms with Crippen LogP contribution < -0.4 is 16.2 Å². The van der Waals surface area contributed by atoms with Crippen LogP contribution in [0, 0.1) is 0 Å². The molecule has 5 N–H and O–H groups in total. The van der Waals surface area contributed by atoms with E-state index in [4.69, 9.17) is 15.6 Å². The molecular weight excluding hydrogens is 244 g/mol. The molecular formula is C9H16N4O3S. The Labute approximate surface area is 100 Å². The van der Waals surface area contributed by atoms with Crippen LogP contribution in [0.2, 0.25) is 0 Å². The number of nitrogens with two attached hydrogens (primary N) is 2. The lowest BCUT2D eigenvalue weighted by Crippen LogP contribution is -2.15. The molecule has 0 aliphatic heterocycles. The number of pyridine rings is 1. The fourth-order valence-electron chi connectivity index (χ4n) is 1.09. The number of nitrogens with zero attached hydrogens (tertiary/aromatic N) is 1. The van der Waals surface area contributed by atoms with Gasteiger partial charge in [0.05, 0.1) is 13.2 Å². The van der Waals surface area contributed by atoms with Crippen LogP contribution in [0.5, 0.6) is 0 Å². The van der Waals surface area contributed by atoms with E-state index in [1.165, 1.54) is 12.3 Å². The molecule has 0 aromatic carbocycles. The normalized spacial score (nSPS) is 11.4. The number of sulfonamides is 1. The van der Waals surface area contributed by atoms with Crippen LogP contribution >= 0.6 is 0 Å². The highest BCUT2D eigenvalue weighted by Crippen LogP contribution is 2.08. The van der Waals surface area contributed by atoms with E-state index in [-0.39, 0.29) is 4.90 Å². The summed E-state index contributed by atoms with van der Waals surface area (Å²) in [6.07, 6.45) is 1.21. The van der Waals surface area contributed by atoms with Crippen LogP contribution in [0.4, 0.5) is 5.82 Å². The molecule has 1 aromatic heterocycles. The van der Waals surface area contributed by atoms with Gasteiger partial charge < -0.3 is 15.8 Å². The molecule has 1 rings (SSSR count). The van der Waals surface area contributed by atoms with Crippen molar-refractivity contribution in [2.45, 2.75) is 4.90 Å². The van der Waals surface area contributed by atoms with Crippen LogP contribution in [0.1, 0.15) is 0 Å². The topological polar surface area (TPSA) is 120 Å². The molecule has 0 aliphatic rings. The minimum absolute atomic E-state index is 0.0116. The fraction of sp³-hybridized carbons (Fsp3) is 0.444. The fourth-order valence-corrected chi connectivity index (χ4v) is 1.55. The zero-order valence-electron chi connectivity index (χ0n) is 9.30. The Balaban J connectivity index is 2.41. The minimum Gasteiger partial charge on any atom is -0.378 e. The van der Waals surface area contributed by atoms with E-state index in [1.807, 2.05) is 0 Å². The van der Waals surface area contributed by atoms with Gasteiger partial charge in [-0.3, -0.25) is 0 Å². The molecule has 0 amide bonds. The summed E-state index contributed by atoms with van der Waals surface area (Å²) in [6.45, 7) is 2.08. The summed E-state index contributed by atoms with van der Waals surface area (Å²) >= 11 is 0. The highest BCUT2D eigenvalue weighted by Gasteiger charge is 2.07. The molecule has 0 saturated heterocycles. The average molecular weight is 260 g/mol. The van der Waals surface area contributed by atoms with Gasteiger partial charge in [-0.1, -0.05) is 0 Å². The number of hydrogen-bond donors (Lipinski definition) is 3. The lowest BCUT2D eigenvalue weighted by Gasteiger charge is -2.06. The zero-order valence-corrected chi connectivity index (χ0v) is 10.1. The molecule has 96 valence electrons. The third kappa shape index (κ3) is 5.09. The molecule has 1 aromatic rings. The summed E-state index contributed by atoms with van der Waals surface area (Å²) < 4.78 is 27.1. The number of aromatic nitrogens is 1. The van der Waals surface area contributed by atoms with Crippen molar-refractivity contribution < 1.29 is 13.2 Å². The summed E-state index contributed by atoms with van der Waals surface area (Å²) in [5.41, 5.74) is 5.25. The molecule has 17 heavy (non-hydrogen) atoms. The molecule has 0 saturated carbocycles. The smallest absolute Gasteiger partial charge is 0.239 e. The Morgan fingerprint density at radius 3 is 2.65 bits per heavy atom. The standard InChI is InChI=1S/C9H16N4O3S/c10-3-5-16-6-4-12-9-2-1-8(7-13-9)17(11,14)15/h1-2,7H,3-6,10H2,(H,12,13)(H2,11,14,15). The van der Waals surface area contributed by atoms with Gasteiger partial charge in [-0.05, 0) is 12.1 Å². The minimum atomic E-state index is -3.68. The molecule has 1 heterocycles. The number of nitrogens with one attached hydrogen (secondary N) is 1. The van der Waals surface area contributed by atoms with Crippen molar-refractivity contribution in [2.24, 2.45) is 10.9 Å². The van der Waals surface area contributed by atoms with Crippen LogP contribution in [0.3, 0.4) is 0 Å². The molecule has 0 bridgehead atoms. The Morgan fingerprint density at radius 2 is 2.12 bits per heavy atom. The molecule has 8 heteroatoms. The van der Waals surface area contributed by atoms with Crippen molar-refractivity contribution in [1.82, 2.24) is 4.98 Å². The molecule has 0 spiro atoms. The van der Waals surface area contributed by atoms with Crippen molar-refractivity contribution in [3.63, 3.8) is 0 Å². The van der Waals surface area contributed by atoms with Gasteiger partial charge in [0, 0.05) is 19.3 Å². The van der Waals surface area contributed by atoms with Gasteiger partial charge in [-0.2, -0.15) is 0 Å². The van der Waals surface area contributed by atoms with Crippen molar-refractivity contribution in [3.8, 4) is 0 Å². The Bertz CT molecular complexity index is 432. The van der Waals surface area contributed by atoms with Gasteiger partial charge in [0.25, 0.3) is 0 Å². The zero-order chi connectivity index (χ0) is 12.7. The SMILES string of the molecule is NCCOCCNc1ccc(S(N)(=O)=O)cn1. The van der Waals surface area contributed by atoms with Crippen molar-refractivity contribution in [1.29, 1.82) is 0 Å². The maximum absolute atomic E-state index is 11.0. The van der Waals surface area contributed by atoms with E-state index < -0.39 is 10.0 Å². The summed E-state index contributed by atoms with van der Waals surface area (Å²) in [5.74, 6) is 0.564. The van der Waals surface area contributed by atoms with Crippen molar-refractivity contribution in [3.05, 3.63) is 18.3 Å². The maximum Gasteiger partial charge on any atom is 0.239 e. The molecule has 0 aliphatic carbocycles. The van der Waals surface area contributed by atoms with Crippen LogP contribution in [0.25, 0.3) is 0 Å². The summed E-state index contributed by atoms with van der Waals surface area (Å²) in [4.78, 5) is 3.90. The molecule has 7 nitrogen and oxygen atoms in total. The van der Waals surface area contributed by atoms with Gasteiger partial charge in [0.1, 0.15) is 10.7 Å². The lowest BCUT2D eigenvalue weighted by atomic mass is 10.4. The van der Waals surface area contributed by atoms with Gasteiger partial charge in [0.15, 0.2) is 0 Å². The molecule has 0 unspecified atom stereocenters. The van der Waals surface area contributed by atoms with Gasteiger partial charge in [-0.25, -0.2) is 18.5 Å². The largest absolute Gasteiger partial charge is 0.378 e. The van der Waals surface area contributed by atoms with Gasteiger partial charge in [0.2, 0.25) is 10.0 Å². The van der Waals surface area contributed by atoms with Crippen LogP contribution in [-0.2, 0) is 14.8 Å². The number of anilines is 1. The first kappa shape index (κ1) is 13.8. The Kier molecular flexibility index (Phi) is 5.29. The number of primary sulfonamides is 1. The second-order valence-corrected chi connectivity index (χ2v) is 4.81. The first-order valence-corrected chi connectivity index (χ1v) is 6.59. The van der Waals surface area contributed by atoms with Gasteiger partial charge in [-0.15, -0.1) is 0 Å². The number of ether oxygens (including phenoxy) is 1. The molecule has 0 atom stereocenters. The first-order valence-electron chi connectivity index (χ1n) is 5.04. The van der Waals surface area contributed by atoms with Crippen LogP contribution in [0.15, 0.2) is 23.2 Å². The Morgan fingerprint density at radius 1 is 1.35 bits per heavy atom. The summed E-state index contributed by atoms with van der Waals surface area (Å²) in [5, 5.41) is 7.91. The number of hydrogen-bond acceptors (Lipinski definition) is 6. The molecule has 0 radical (unpaired) electrons. The van der Waals surface area contributed by atoms with Gasteiger partial charge >= 0.3 is 0 Å². The quantitative estimate of drug-likeness (QED) is 0.547. The average Bonchev–Trinajstić information content (AvgIpc) is 2.28. The third-order valence-electron chi connectivity index (χ3n) is 1.88. The lowest BCUT2D eigenvalue weighted by molar-refractivity contribution is 0.151. The van der Waals surface area contributed by atoms with Crippen molar-refractivity contribution in [2.75, 3.05) is 31.6 Å². The van der Waals surface area contributed by atoms with E-state index in [0.29, 0.717) is 32.1 Å².